The summed E-state index contributed by atoms with van der Waals surface area (Å²) in [4.78, 5) is 0. The maximum atomic E-state index is 9.39. The summed E-state index contributed by atoms with van der Waals surface area (Å²) in [6, 6.07) is 0. The molecule has 1 atom stereocenters. The highest BCUT2D eigenvalue weighted by Crippen LogP contribution is 2.22. The van der Waals surface area contributed by atoms with Gasteiger partial charge in [0.15, 0.2) is 0 Å². The van der Waals surface area contributed by atoms with Crippen molar-refractivity contribution in [2.45, 2.75) is 18.6 Å². The molecule has 0 fully saturated rings. The summed E-state index contributed by atoms with van der Waals surface area (Å²) in [6.07, 6.45) is 3.73. The Kier molecular flexibility index (Phi) is 2.52. The van der Waals surface area contributed by atoms with Crippen molar-refractivity contribution in [2.24, 2.45) is 11.5 Å². The van der Waals surface area contributed by atoms with Crippen molar-refractivity contribution in [1.29, 1.82) is 0 Å². The van der Waals surface area contributed by atoms with E-state index >= 15 is 0 Å². The number of rotatable bonds is 2. The largest absolute Gasteiger partial charge is 0.508 e. The second kappa shape index (κ2) is 3.26. The third-order valence-electron chi connectivity index (χ3n) is 1.79. The molecule has 0 aliphatic heterocycles. The van der Waals surface area contributed by atoms with Crippen LogP contribution in [0.3, 0.4) is 0 Å². The van der Waals surface area contributed by atoms with Crippen LogP contribution in [0.25, 0.3) is 0 Å². The highest BCUT2D eigenvalue weighted by atomic mass is 16.3. The van der Waals surface area contributed by atoms with Crippen LogP contribution in [-0.4, -0.2) is 22.5 Å². The summed E-state index contributed by atoms with van der Waals surface area (Å²) >= 11 is 0. The van der Waals surface area contributed by atoms with Gasteiger partial charge in [0.1, 0.15) is 11.5 Å². The van der Waals surface area contributed by atoms with Crippen molar-refractivity contribution >= 4 is 0 Å². The van der Waals surface area contributed by atoms with E-state index < -0.39 is 5.72 Å². The predicted molar refractivity (Wildman–Crippen MR) is 46.2 cm³/mol. The molecule has 1 aliphatic rings. The van der Waals surface area contributed by atoms with Crippen LogP contribution in [-0.2, 0) is 0 Å². The monoisotopic (exact) mass is 170 g/mol. The van der Waals surface area contributed by atoms with Gasteiger partial charge in [0.05, 0.1) is 0 Å². The fraction of sp³-hybridized carbons (Fsp3) is 0.500. The number of aliphatic hydroxyl groups excluding tert-OH is 1. The molecule has 0 saturated carbocycles. The zero-order chi connectivity index (χ0) is 9.19. The Hall–Kier alpha value is -0.840. The molecular formula is C8H14N2O2. The van der Waals surface area contributed by atoms with E-state index in [1.807, 2.05) is 0 Å². The van der Waals surface area contributed by atoms with E-state index in [-0.39, 0.29) is 12.2 Å². The van der Waals surface area contributed by atoms with E-state index in [1.54, 1.807) is 0 Å². The van der Waals surface area contributed by atoms with Crippen LogP contribution in [0, 0.1) is 0 Å². The summed E-state index contributed by atoms with van der Waals surface area (Å²) in [7, 11) is 0. The normalized spacial score (nSPS) is 29.6. The van der Waals surface area contributed by atoms with Gasteiger partial charge in [0.2, 0.25) is 0 Å². The van der Waals surface area contributed by atoms with E-state index in [2.05, 4.69) is 0 Å². The summed E-state index contributed by atoms with van der Waals surface area (Å²) < 4.78 is 0. The first kappa shape index (κ1) is 9.25. The minimum Gasteiger partial charge on any atom is -0.508 e. The molecule has 68 valence electrons. The molecular weight excluding hydrogens is 156 g/mol. The third kappa shape index (κ3) is 2.07. The van der Waals surface area contributed by atoms with Gasteiger partial charge < -0.3 is 21.7 Å². The second-order valence-corrected chi connectivity index (χ2v) is 2.99. The van der Waals surface area contributed by atoms with E-state index in [0.717, 1.165) is 0 Å². The fourth-order valence-corrected chi connectivity index (χ4v) is 1.18. The van der Waals surface area contributed by atoms with Crippen LogP contribution in [0.1, 0.15) is 12.8 Å². The molecule has 1 aliphatic carbocycles. The molecule has 0 aromatic carbocycles. The van der Waals surface area contributed by atoms with Gasteiger partial charge in [-0.3, -0.25) is 0 Å². The van der Waals surface area contributed by atoms with Gasteiger partial charge in [-0.2, -0.15) is 0 Å². The predicted octanol–water partition coefficient (Wildman–Crippen LogP) is -0.245. The molecule has 0 aromatic rings. The first-order chi connectivity index (χ1) is 5.55. The van der Waals surface area contributed by atoms with E-state index in [0.29, 0.717) is 18.5 Å². The van der Waals surface area contributed by atoms with Gasteiger partial charge in [-0.1, -0.05) is 0 Å². The Morgan fingerprint density at radius 3 is 2.83 bits per heavy atom. The Morgan fingerprint density at radius 2 is 2.25 bits per heavy atom. The van der Waals surface area contributed by atoms with Crippen molar-refractivity contribution in [1.82, 2.24) is 0 Å². The summed E-state index contributed by atoms with van der Waals surface area (Å²) in [6.45, 7) is 0.430. The van der Waals surface area contributed by atoms with Crippen molar-refractivity contribution in [2.75, 3.05) is 6.54 Å². The first-order valence-electron chi connectivity index (χ1n) is 3.88. The standard InChI is InChI=1S/C8H14N2O2/c9-4-2-6-5-8(10,12)3-1-7(6)11/h1,5,11-12H,2-4,9-10H2. The lowest BCUT2D eigenvalue weighted by atomic mass is 9.96. The number of nitrogens with two attached hydrogens (primary N) is 2. The van der Waals surface area contributed by atoms with Gasteiger partial charge in [0.25, 0.3) is 0 Å². The molecule has 0 heterocycles. The lowest BCUT2D eigenvalue weighted by Crippen LogP contribution is -2.38. The van der Waals surface area contributed by atoms with Gasteiger partial charge in [-0.15, -0.1) is 0 Å². The fourth-order valence-electron chi connectivity index (χ4n) is 1.18. The highest BCUT2D eigenvalue weighted by molar-refractivity contribution is 5.32. The first-order valence-corrected chi connectivity index (χ1v) is 3.88. The molecule has 0 bridgehead atoms. The molecule has 0 radical (unpaired) electrons. The second-order valence-electron chi connectivity index (χ2n) is 2.99. The lowest BCUT2D eigenvalue weighted by molar-refractivity contribution is 0.0967. The molecule has 4 heteroatoms. The maximum absolute atomic E-state index is 9.39. The molecule has 6 N–H and O–H groups in total. The average molecular weight is 170 g/mol. The minimum absolute atomic E-state index is 0.176. The summed E-state index contributed by atoms with van der Waals surface area (Å²) in [5, 5.41) is 18.7. The van der Waals surface area contributed by atoms with E-state index in [9.17, 15) is 10.2 Å². The minimum atomic E-state index is -1.32. The Labute approximate surface area is 71.2 Å². The number of hydrogen-bond acceptors (Lipinski definition) is 4. The molecule has 4 nitrogen and oxygen atoms in total. The van der Waals surface area contributed by atoms with Crippen LogP contribution in [0.5, 0.6) is 0 Å². The Balaban J connectivity index is 2.79. The molecule has 1 unspecified atom stereocenters. The highest BCUT2D eigenvalue weighted by Gasteiger charge is 2.22. The Bertz CT molecular complexity index is 231. The molecule has 0 amide bonds. The topological polar surface area (TPSA) is 92.5 Å². The van der Waals surface area contributed by atoms with Crippen molar-refractivity contribution in [3.8, 4) is 0 Å². The van der Waals surface area contributed by atoms with Gasteiger partial charge >= 0.3 is 0 Å². The van der Waals surface area contributed by atoms with Gasteiger partial charge in [-0.25, -0.2) is 0 Å². The molecule has 12 heavy (non-hydrogen) atoms. The molecule has 0 spiro atoms. The lowest BCUT2D eigenvalue weighted by Gasteiger charge is -2.23. The van der Waals surface area contributed by atoms with E-state index in [4.69, 9.17) is 11.5 Å². The number of hydrogen-bond donors (Lipinski definition) is 4. The van der Waals surface area contributed by atoms with Crippen LogP contribution >= 0.6 is 0 Å². The zero-order valence-corrected chi connectivity index (χ0v) is 6.83. The number of allylic oxidation sites excluding steroid dienone is 1. The summed E-state index contributed by atoms with van der Waals surface area (Å²) in [5.74, 6) is 0.176. The number of aliphatic hydroxyl groups is 2. The molecule has 1 rings (SSSR count). The van der Waals surface area contributed by atoms with Crippen molar-refractivity contribution in [3.05, 3.63) is 23.5 Å². The SMILES string of the molecule is NCCC1=CC(N)(O)CC=C1O. The third-order valence-corrected chi connectivity index (χ3v) is 1.79. The maximum Gasteiger partial charge on any atom is 0.136 e. The quantitative estimate of drug-likeness (QED) is 0.430. The zero-order valence-electron chi connectivity index (χ0n) is 6.83. The van der Waals surface area contributed by atoms with Crippen LogP contribution in [0.2, 0.25) is 0 Å². The van der Waals surface area contributed by atoms with Crippen molar-refractivity contribution < 1.29 is 10.2 Å². The summed E-state index contributed by atoms with van der Waals surface area (Å²) in [5.41, 5.74) is 10.0. The average Bonchev–Trinajstić information content (AvgIpc) is 1.97. The van der Waals surface area contributed by atoms with E-state index in [1.165, 1.54) is 12.2 Å². The Morgan fingerprint density at radius 1 is 1.58 bits per heavy atom. The molecule has 0 aromatic heterocycles. The smallest absolute Gasteiger partial charge is 0.136 e. The van der Waals surface area contributed by atoms with Gasteiger partial charge in [0, 0.05) is 6.42 Å². The van der Waals surface area contributed by atoms with Gasteiger partial charge in [-0.05, 0) is 30.7 Å². The molecule has 0 saturated heterocycles. The van der Waals surface area contributed by atoms with Crippen molar-refractivity contribution in [3.63, 3.8) is 0 Å². The van der Waals surface area contributed by atoms with Crippen LogP contribution in [0.15, 0.2) is 23.5 Å². The van der Waals surface area contributed by atoms with Crippen LogP contribution < -0.4 is 11.5 Å². The van der Waals surface area contributed by atoms with Crippen LogP contribution in [0.4, 0.5) is 0 Å².